The minimum atomic E-state index is -1.60. The first-order valence-electron chi connectivity index (χ1n) is 15.1. The summed E-state index contributed by atoms with van der Waals surface area (Å²) < 4.78 is 25.8. The van der Waals surface area contributed by atoms with Crippen LogP contribution in [0.15, 0.2) is 91.0 Å². The summed E-state index contributed by atoms with van der Waals surface area (Å²) in [5.74, 6) is -2.09. The molecule has 3 aromatic carbocycles. The first kappa shape index (κ1) is 30.0. The molecule has 2 aliphatic carbocycles. The third kappa shape index (κ3) is 4.63. The second-order valence-corrected chi connectivity index (χ2v) is 13.1. The molecule has 1 aliphatic heterocycles. The van der Waals surface area contributed by atoms with Gasteiger partial charge in [0.05, 0.1) is 33.3 Å². The largest absolute Gasteiger partial charge is 0.458 e. The van der Waals surface area contributed by atoms with Crippen molar-refractivity contribution in [3.05, 3.63) is 108 Å². The maximum Gasteiger partial charge on any atom is 0.338 e. The van der Waals surface area contributed by atoms with Gasteiger partial charge in [-0.05, 0) is 83.4 Å². The predicted octanol–water partition coefficient (Wildman–Crippen LogP) is 5.78. The molecule has 1 unspecified atom stereocenters. The average molecular weight is 599 g/mol. The number of carbonyl (C=O) groups excluding carboxylic acids is 3. The highest BCUT2D eigenvalue weighted by atomic mass is 16.6. The third-order valence-electron chi connectivity index (χ3n) is 10.1. The van der Waals surface area contributed by atoms with E-state index in [1.165, 1.54) is 0 Å². The summed E-state index contributed by atoms with van der Waals surface area (Å²) in [7, 11) is 0. The van der Waals surface area contributed by atoms with Crippen molar-refractivity contribution in [1.82, 2.24) is 0 Å². The summed E-state index contributed by atoms with van der Waals surface area (Å²) in [6, 6.07) is 26.0. The second-order valence-electron chi connectivity index (χ2n) is 13.1. The Hall–Kier alpha value is -4.01. The fraction of sp³-hybridized carbons (Fsp3) is 0.417. The van der Waals surface area contributed by atoms with Crippen LogP contribution in [-0.4, -0.2) is 58.1 Å². The van der Waals surface area contributed by atoms with E-state index in [0.29, 0.717) is 16.7 Å². The monoisotopic (exact) mass is 598 g/mol. The van der Waals surface area contributed by atoms with Crippen LogP contribution in [0.2, 0.25) is 0 Å². The van der Waals surface area contributed by atoms with Gasteiger partial charge < -0.3 is 24.1 Å². The molecular formula is C36H38O8. The summed E-state index contributed by atoms with van der Waals surface area (Å²) >= 11 is 0. The van der Waals surface area contributed by atoms with E-state index in [1.54, 1.807) is 79.7 Å². The molecule has 7 atom stereocenters. The van der Waals surface area contributed by atoms with E-state index >= 15 is 0 Å². The lowest BCUT2D eigenvalue weighted by Gasteiger charge is -2.64. The first-order valence-corrected chi connectivity index (χ1v) is 15.1. The number of ether oxygens (including phenoxy) is 4. The van der Waals surface area contributed by atoms with E-state index in [1.807, 2.05) is 39.0 Å². The number of carbonyl (C=O) groups is 3. The van der Waals surface area contributed by atoms with Crippen molar-refractivity contribution >= 4 is 17.9 Å². The van der Waals surface area contributed by atoms with Crippen LogP contribution in [0.25, 0.3) is 0 Å². The topological polar surface area (TPSA) is 108 Å². The number of benzene rings is 3. The highest BCUT2D eigenvalue weighted by Gasteiger charge is 2.82. The molecule has 1 saturated heterocycles. The van der Waals surface area contributed by atoms with Crippen LogP contribution < -0.4 is 0 Å². The highest BCUT2D eigenvalue weighted by molar-refractivity contribution is 5.91. The summed E-state index contributed by atoms with van der Waals surface area (Å²) in [4.78, 5) is 40.6. The van der Waals surface area contributed by atoms with Crippen molar-refractivity contribution in [3.63, 3.8) is 0 Å². The van der Waals surface area contributed by atoms with Gasteiger partial charge in [0.1, 0.15) is 23.9 Å². The van der Waals surface area contributed by atoms with E-state index in [-0.39, 0.29) is 19.3 Å². The number of fused-ring (bicyclic) bond motifs is 1. The van der Waals surface area contributed by atoms with Crippen molar-refractivity contribution < 1.29 is 38.4 Å². The Bertz CT molecular complexity index is 1540. The van der Waals surface area contributed by atoms with Gasteiger partial charge in [0.15, 0.2) is 0 Å². The zero-order valence-corrected chi connectivity index (χ0v) is 25.4. The molecule has 1 N–H and O–H groups in total. The Balaban J connectivity index is 1.47. The molecule has 8 heteroatoms. The fourth-order valence-electron chi connectivity index (χ4n) is 7.89. The van der Waals surface area contributed by atoms with E-state index < -0.39 is 64.4 Å². The standard InChI is InChI=1S/C36H38O8/c1-33(2)26-22-28(42-31(38)24-16-10-6-11-17-24)35(4)27(41-30(37)23-14-8-5-9-15-23)20-21-34(3,40)36(35,44-33)29(26)43-32(39)25-18-12-7-13-19-25/h5-19,26-29,40H,20-22H2,1-4H3/t26-,27?,28-,29+,34-,35-,36-/m0/s1. The van der Waals surface area contributed by atoms with E-state index in [2.05, 4.69) is 0 Å². The summed E-state index contributed by atoms with van der Waals surface area (Å²) in [6.07, 6.45) is -1.92. The zero-order valence-electron chi connectivity index (χ0n) is 25.4. The maximum absolute atomic E-state index is 13.6. The normalized spacial score (nSPS) is 33.5. The molecule has 3 aromatic rings. The van der Waals surface area contributed by atoms with Gasteiger partial charge in [-0.25, -0.2) is 14.4 Å². The Kier molecular flexibility index (Phi) is 7.41. The smallest absolute Gasteiger partial charge is 0.338 e. The van der Waals surface area contributed by atoms with E-state index in [4.69, 9.17) is 18.9 Å². The zero-order chi connectivity index (χ0) is 31.3. The molecule has 2 bridgehead atoms. The first-order chi connectivity index (χ1) is 20.9. The van der Waals surface area contributed by atoms with Crippen LogP contribution in [0, 0.1) is 11.3 Å². The number of rotatable bonds is 6. The molecule has 6 rings (SSSR count). The van der Waals surface area contributed by atoms with Gasteiger partial charge in [-0.2, -0.15) is 0 Å². The minimum Gasteiger partial charge on any atom is -0.458 e. The summed E-state index contributed by atoms with van der Waals surface area (Å²) in [5, 5.41) is 12.3. The predicted molar refractivity (Wildman–Crippen MR) is 161 cm³/mol. The molecule has 0 aromatic heterocycles. The SMILES string of the molecule is CC1(C)O[C@]23[C@H](OC(=O)c4ccccc4)[C@@H]1C[C@H](OC(=O)c1ccccc1)[C@]2(C)C(OC(=O)c1ccccc1)CC[C@]3(C)O. The Morgan fingerprint density at radius 3 is 1.59 bits per heavy atom. The van der Waals surface area contributed by atoms with Crippen molar-refractivity contribution in [2.75, 3.05) is 0 Å². The lowest BCUT2D eigenvalue weighted by molar-refractivity contribution is -0.324. The second kappa shape index (κ2) is 10.9. The molecule has 2 saturated carbocycles. The van der Waals surface area contributed by atoms with E-state index in [9.17, 15) is 19.5 Å². The van der Waals surface area contributed by atoms with Gasteiger partial charge in [0.2, 0.25) is 0 Å². The number of aliphatic hydroxyl groups is 1. The van der Waals surface area contributed by atoms with Crippen molar-refractivity contribution in [3.8, 4) is 0 Å². The lowest BCUT2D eigenvalue weighted by atomic mass is 9.47. The molecule has 1 heterocycles. The van der Waals surface area contributed by atoms with Gasteiger partial charge in [0.25, 0.3) is 0 Å². The minimum absolute atomic E-state index is 0.191. The van der Waals surface area contributed by atoms with Crippen LogP contribution in [0.1, 0.15) is 78.0 Å². The number of hydrogen-bond donors (Lipinski definition) is 1. The molecule has 8 nitrogen and oxygen atoms in total. The molecule has 3 fully saturated rings. The molecule has 0 radical (unpaired) electrons. The highest BCUT2D eigenvalue weighted by Crippen LogP contribution is 2.68. The quantitative estimate of drug-likeness (QED) is 0.281. The van der Waals surface area contributed by atoms with Gasteiger partial charge in [-0.3, -0.25) is 0 Å². The number of esters is 3. The van der Waals surface area contributed by atoms with Crippen LogP contribution in [0.3, 0.4) is 0 Å². The lowest BCUT2D eigenvalue weighted by Crippen LogP contribution is -2.79. The van der Waals surface area contributed by atoms with Crippen LogP contribution >= 0.6 is 0 Å². The van der Waals surface area contributed by atoms with Crippen LogP contribution in [0.4, 0.5) is 0 Å². The molecule has 1 spiro atoms. The molecule has 0 amide bonds. The maximum atomic E-state index is 13.6. The Labute approximate surface area is 257 Å². The van der Waals surface area contributed by atoms with Gasteiger partial charge >= 0.3 is 17.9 Å². The fourth-order valence-corrected chi connectivity index (χ4v) is 7.89. The molecular weight excluding hydrogens is 560 g/mol. The van der Waals surface area contributed by atoms with Crippen molar-refractivity contribution in [2.45, 2.75) is 82.1 Å². The van der Waals surface area contributed by atoms with Gasteiger partial charge in [0, 0.05) is 5.92 Å². The average Bonchev–Trinajstić information content (AvgIpc) is 3.20. The number of hydrogen-bond acceptors (Lipinski definition) is 8. The molecule has 230 valence electrons. The van der Waals surface area contributed by atoms with Gasteiger partial charge in [-0.15, -0.1) is 0 Å². The van der Waals surface area contributed by atoms with Crippen LogP contribution in [0.5, 0.6) is 0 Å². The van der Waals surface area contributed by atoms with E-state index in [0.717, 1.165) is 0 Å². The summed E-state index contributed by atoms with van der Waals surface area (Å²) in [5.41, 5.74) is -4.27. The third-order valence-corrected chi connectivity index (χ3v) is 10.1. The van der Waals surface area contributed by atoms with Crippen LogP contribution in [-0.2, 0) is 18.9 Å². The van der Waals surface area contributed by atoms with Crippen molar-refractivity contribution in [1.29, 1.82) is 0 Å². The Morgan fingerprint density at radius 2 is 1.11 bits per heavy atom. The summed E-state index contributed by atoms with van der Waals surface area (Å²) in [6.45, 7) is 7.29. The molecule has 44 heavy (non-hydrogen) atoms. The Morgan fingerprint density at radius 1 is 0.682 bits per heavy atom. The van der Waals surface area contributed by atoms with Gasteiger partial charge in [-0.1, -0.05) is 54.6 Å². The molecule has 3 aliphatic rings. The van der Waals surface area contributed by atoms with Crippen molar-refractivity contribution in [2.24, 2.45) is 11.3 Å².